The van der Waals surface area contributed by atoms with Gasteiger partial charge in [-0.3, -0.25) is 4.79 Å². The number of carbonyl (C=O) groups is 2. The van der Waals surface area contributed by atoms with Crippen LogP contribution in [0.2, 0.25) is 0 Å². The monoisotopic (exact) mass is 284 g/mol. The van der Waals surface area contributed by atoms with Gasteiger partial charge in [-0.2, -0.15) is 4.37 Å². The van der Waals surface area contributed by atoms with E-state index in [1.54, 1.807) is 6.92 Å². The fourth-order valence-electron chi connectivity index (χ4n) is 1.79. The van der Waals surface area contributed by atoms with Gasteiger partial charge in [0.25, 0.3) is 0 Å². The maximum Gasteiger partial charge on any atom is 0.340 e. The molecule has 0 aliphatic rings. The highest BCUT2D eigenvalue weighted by molar-refractivity contribution is 7.11. The molecule has 0 fully saturated rings. The van der Waals surface area contributed by atoms with Crippen molar-refractivity contribution < 1.29 is 14.7 Å². The van der Waals surface area contributed by atoms with E-state index in [2.05, 4.69) is 16.6 Å². The lowest BCUT2D eigenvalue weighted by Crippen LogP contribution is -2.13. The minimum Gasteiger partial charge on any atom is -0.478 e. The molecule has 19 heavy (non-hydrogen) atoms. The van der Waals surface area contributed by atoms with Gasteiger partial charge in [0, 0.05) is 6.42 Å². The first kappa shape index (κ1) is 15.6. The Morgan fingerprint density at radius 1 is 1.26 bits per heavy atom. The van der Waals surface area contributed by atoms with Crippen LogP contribution in [0.4, 0.5) is 5.00 Å². The number of aryl methyl sites for hydroxylation is 1. The van der Waals surface area contributed by atoms with E-state index in [0.29, 0.717) is 17.1 Å². The normalized spacial score (nSPS) is 10.4. The smallest absolute Gasteiger partial charge is 0.340 e. The molecule has 1 amide bonds. The zero-order valence-electron chi connectivity index (χ0n) is 11.4. The number of amides is 1. The summed E-state index contributed by atoms with van der Waals surface area (Å²) in [6.07, 6.45) is 5.82. The maximum absolute atomic E-state index is 11.7. The third-order valence-electron chi connectivity index (χ3n) is 2.84. The Morgan fingerprint density at radius 3 is 2.58 bits per heavy atom. The highest BCUT2D eigenvalue weighted by atomic mass is 32.1. The number of anilines is 1. The van der Waals surface area contributed by atoms with Crippen LogP contribution >= 0.6 is 11.5 Å². The predicted octanol–water partition coefficient (Wildman–Crippen LogP) is 3.45. The second-order valence-electron chi connectivity index (χ2n) is 4.49. The lowest BCUT2D eigenvalue weighted by molar-refractivity contribution is -0.116. The van der Waals surface area contributed by atoms with Gasteiger partial charge in [0.1, 0.15) is 10.6 Å². The van der Waals surface area contributed by atoms with Crippen LogP contribution in [-0.4, -0.2) is 21.4 Å². The summed E-state index contributed by atoms with van der Waals surface area (Å²) in [7, 11) is 0. The molecule has 0 radical (unpaired) electrons. The Kier molecular flexibility index (Phi) is 6.49. The van der Waals surface area contributed by atoms with Crippen molar-refractivity contribution in [1.29, 1.82) is 0 Å². The molecule has 1 heterocycles. The van der Waals surface area contributed by atoms with E-state index in [-0.39, 0.29) is 11.5 Å². The van der Waals surface area contributed by atoms with Crippen LogP contribution in [0.15, 0.2) is 0 Å². The summed E-state index contributed by atoms with van der Waals surface area (Å²) in [5, 5.41) is 12.0. The van der Waals surface area contributed by atoms with Crippen molar-refractivity contribution in [3.63, 3.8) is 0 Å². The average molecular weight is 284 g/mol. The molecule has 1 aromatic rings. The number of carboxylic acid groups (broad SMARTS) is 1. The van der Waals surface area contributed by atoms with E-state index >= 15 is 0 Å². The van der Waals surface area contributed by atoms with Gasteiger partial charge in [-0.25, -0.2) is 4.79 Å². The lowest BCUT2D eigenvalue weighted by Gasteiger charge is -2.03. The Balaban J connectivity index is 2.42. The average Bonchev–Trinajstić information content (AvgIpc) is 2.70. The van der Waals surface area contributed by atoms with Crippen molar-refractivity contribution in [3.8, 4) is 0 Å². The summed E-state index contributed by atoms with van der Waals surface area (Å²) in [6, 6.07) is 0. The zero-order valence-corrected chi connectivity index (χ0v) is 12.2. The van der Waals surface area contributed by atoms with E-state index in [0.717, 1.165) is 30.8 Å². The van der Waals surface area contributed by atoms with Crippen LogP contribution < -0.4 is 5.32 Å². The standard InChI is InChI=1S/C13H20N2O3S/c1-3-4-5-6-7-8-10(16)14-12-11(13(17)18)9(2)15-19-12/h3-8H2,1-2H3,(H,14,16)(H,17,18). The summed E-state index contributed by atoms with van der Waals surface area (Å²) in [5.41, 5.74) is 0.542. The molecule has 5 nitrogen and oxygen atoms in total. The molecule has 0 saturated carbocycles. The molecular formula is C13H20N2O3S. The molecule has 0 aliphatic carbocycles. The molecule has 0 unspecified atom stereocenters. The summed E-state index contributed by atoms with van der Waals surface area (Å²) < 4.78 is 3.96. The molecule has 0 bridgehead atoms. The van der Waals surface area contributed by atoms with Crippen LogP contribution in [-0.2, 0) is 4.79 Å². The second kappa shape index (κ2) is 7.89. The number of hydrogen-bond acceptors (Lipinski definition) is 4. The minimum atomic E-state index is -1.05. The number of carboxylic acids is 1. The number of unbranched alkanes of at least 4 members (excludes halogenated alkanes) is 4. The number of carbonyl (C=O) groups excluding carboxylic acids is 1. The van der Waals surface area contributed by atoms with Crippen molar-refractivity contribution in [2.45, 2.75) is 52.4 Å². The van der Waals surface area contributed by atoms with Gasteiger partial charge in [-0.05, 0) is 24.9 Å². The van der Waals surface area contributed by atoms with E-state index in [1.165, 1.54) is 12.8 Å². The largest absolute Gasteiger partial charge is 0.478 e. The van der Waals surface area contributed by atoms with Crippen molar-refractivity contribution >= 4 is 28.4 Å². The molecule has 0 atom stereocenters. The van der Waals surface area contributed by atoms with Crippen LogP contribution in [0, 0.1) is 6.92 Å². The highest BCUT2D eigenvalue weighted by Crippen LogP contribution is 2.24. The van der Waals surface area contributed by atoms with Gasteiger partial charge in [0.05, 0.1) is 5.69 Å². The van der Waals surface area contributed by atoms with Gasteiger partial charge in [0.2, 0.25) is 5.91 Å². The predicted molar refractivity (Wildman–Crippen MR) is 75.8 cm³/mol. The van der Waals surface area contributed by atoms with Crippen molar-refractivity contribution in [3.05, 3.63) is 11.3 Å². The van der Waals surface area contributed by atoms with Gasteiger partial charge >= 0.3 is 5.97 Å². The Labute approximate surface area is 117 Å². The van der Waals surface area contributed by atoms with Crippen LogP contribution in [0.1, 0.15) is 61.5 Å². The molecule has 1 aromatic heterocycles. The van der Waals surface area contributed by atoms with E-state index in [9.17, 15) is 9.59 Å². The SMILES string of the molecule is CCCCCCCC(=O)Nc1snc(C)c1C(=O)O. The van der Waals surface area contributed by atoms with Crippen molar-refractivity contribution in [1.82, 2.24) is 4.37 Å². The molecule has 0 aromatic carbocycles. The Hall–Kier alpha value is -1.43. The highest BCUT2D eigenvalue weighted by Gasteiger charge is 2.18. The number of nitrogens with one attached hydrogen (secondary N) is 1. The van der Waals surface area contributed by atoms with E-state index in [4.69, 9.17) is 5.11 Å². The molecule has 106 valence electrons. The van der Waals surface area contributed by atoms with Crippen LogP contribution in [0.25, 0.3) is 0 Å². The lowest BCUT2D eigenvalue weighted by atomic mass is 10.1. The molecule has 6 heteroatoms. The van der Waals surface area contributed by atoms with Crippen LogP contribution in [0.3, 0.4) is 0 Å². The first-order chi connectivity index (χ1) is 9.06. The quantitative estimate of drug-likeness (QED) is 0.717. The third-order valence-corrected chi connectivity index (χ3v) is 3.69. The zero-order chi connectivity index (χ0) is 14.3. The van der Waals surface area contributed by atoms with Crippen molar-refractivity contribution in [2.75, 3.05) is 5.32 Å². The van der Waals surface area contributed by atoms with Gasteiger partial charge in [-0.1, -0.05) is 32.6 Å². The fourth-order valence-corrected chi connectivity index (χ4v) is 2.59. The van der Waals surface area contributed by atoms with Gasteiger partial charge < -0.3 is 10.4 Å². The summed E-state index contributed by atoms with van der Waals surface area (Å²) >= 11 is 1.02. The number of nitrogens with zero attached hydrogens (tertiary/aromatic N) is 1. The summed E-state index contributed by atoms with van der Waals surface area (Å²) in [5.74, 6) is -1.19. The topological polar surface area (TPSA) is 79.3 Å². The first-order valence-corrected chi connectivity index (χ1v) is 7.33. The molecular weight excluding hydrogens is 264 g/mol. The van der Waals surface area contributed by atoms with Crippen molar-refractivity contribution in [2.24, 2.45) is 0 Å². The number of aromatic nitrogens is 1. The second-order valence-corrected chi connectivity index (χ2v) is 5.26. The Morgan fingerprint density at radius 2 is 1.95 bits per heavy atom. The van der Waals surface area contributed by atoms with E-state index in [1.807, 2.05) is 0 Å². The molecule has 2 N–H and O–H groups in total. The molecule has 1 rings (SSSR count). The van der Waals surface area contributed by atoms with Crippen LogP contribution in [0.5, 0.6) is 0 Å². The van der Waals surface area contributed by atoms with Gasteiger partial charge in [0.15, 0.2) is 0 Å². The Bertz CT molecular complexity index is 443. The van der Waals surface area contributed by atoms with E-state index < -0.39 is 5.97 Å². The third kappa shape index (κ3) is 4.98. The summed E-state index contributed by atoms with van der Waals surface area (Å²) in [4.78, 5) is 22.7. The number of hydrogen-bond donors (Lipinski definition) is 2. The van der Waals surface area contributed by atoms with Gasteiger partial charge in [-0.15, -0.1) is 0 Å². The summed E-state index contributed by atoms with van der Waals surface area (Å²) in [6.45, 7) is 3.77. The molecule has 0 saturated heterocycles. The fraction of sp³-hybridized carbons (Fsp3) is 0.615. The molecule has 0 aliphatic heterocycles. The minimum absolute atomic E-state index is 0.101. The number of rotatable bonds is 8. The first-order valence-electron chi connectivity index (χ1n) is 6.55. The maximum atomic E-state index is 11.7. The molecule has 0 spiro atoms. The number of aromatic carboxylic acids is 1.